The van der Waals surface area contributed by atoms with Crippen molar-refractivity contribution in [2.75, 3.05) is 11.9 Å². The van der Waals surface area contributed by atoms with E-state index in [1.165, 1.54) is 4.90 Å². The van der Waals surface area contributed by atoms with Gasteiger partial charge in [0.1, 0.15) is 11.9 Å². The summed E-state index contributed by atoms with van der Waals surface area (Å²) in [6.07, 6.45) is 4.17. The van der Waals surface area contributed by atoms with E-state index in [0.717, 1.165) is 21.7 Å². The number of halogens is 1. The maximum atomic E-state index is 13.7. The van der Waals surface area contributed by atoms with Crippen molar-refractivity contribution in [2.24, 2.45) is 13.0 Å². The zero-order valence-corrected chi connectivity index (χ0v) is 21.4. The number of rotatable bonds is 7. The highest BCUT2D eigenvalue weighted by molar-refractivity contribution is 6.30. The number of amides is 4. The summed E-state index contributed by atoms with van der Waals surface area (Å²) < 4.78 is 1.57. The second-order valence-corrected chi connectivity index (χ2v) is 9.38. The predicted molar refractivity (Wildman–Crippen MR) is 136 cm³/mol. The van der Waals surface area contributed by atoms with Gasteiger partial charge in [-0.25, -0.2) is 4.79 Å². The van der Waals surface area contributed by atoms with Crippen LogP contribution in [0.4, 0.5) is 10.6 Å². The Kier molecular flexibility index (Phi) is 7.40. The van der Waals surface area contributed by atoms with E-state index in [4.69, 9.17) is 11.6 Å². The highest BCUT2D eigenvalue weighted by Gasteiger charge is 2.55. The van der Waals surface area contributed by atoms with Gasteiger partial charge in [-0.15, -0.1) is 0 Å². The number of carbonyl (C=O) groups excluding carboxylic acids is 3. The lowest BCUT2D eigenvalue weighted by molar-refractivity contribution is -0.156. The Morgan fingerprint density at radius 3 is 2.61 bits per heavy atom. The lowest BCUT2D eigenvalue weighted by atomic mass is 9.81. The first kappa shape index (κ1) is 25.4. The minimum Gasteiger partial charge on any atom is -0.331 e. The van der Waals surface area contributed by atoms with E-state index in [0.29, 0.717) is 23.7 Å². The van der Waals surface area contributed by atoms with Gasteiger partial charge in [0.2, 0.25) is 5.91 Å². The van der Waals surface area contributed by atoms with Crippen LogP contribution in [0, 0.1) is 12.8 Å². The predicted octanol–water partition coefficient (Wildman–Crippen LogP) is 3.67. The molecular formula is C26H29ClN6O3. The molecule has 4 amide bonds. The van der Waals surface area contributed by atoms with Gasteiger partial charge in [-0.3, -0.25) is 29.1 Å². The molecular weight excluding hydrogens is 480 g/mol. The SMILES string of the molecule is CC[C@@H](NC(=O)N1C(=O)[C@H](Cc2ccnc(C)c2)[C@H]1C(=O)N(C)c1ccnn1C)c1cccc(Cl)c1. The molecule has 9 nitrogen and oxygen atoms in total. The number of aryl methyl sites for hydroxylation is 2. The summed E-state index contributed by atoms with van der Waals surface area (Å²) in [5.74, 6) is -0.866. The number of carbonyl (C=O) groups is 3. The molecule has 2 aromatic heterocycles. The van der Waals surface area contributed by atoms with Gasteiger partial charge in [0.05, 0.1) is 18.2 Å². The zero-order valence-electron chi connectivity index (χ0n) is 20.7. The van der Waals surface area contributed by atoms with Crippen LogP contribution in [-0.4, -0.2) is 50.6 Å². The lowest BCUT2D eigenvalue weighted by Crippen LogP contribution is -2.70. The molecule has 1 aliphatic heterocycles. The number of likely N-dealkylation sites (tertiary alicyclic amines) is 1. The summed E-state index contributed by atoms with van der Waals surface area (Å²) in [6.45, 7) is 3.79. The molecule has 3 aromatic rings. The van der Waals surface area contributed by atoms with E-state index < -0.39 is 18.0 Å². The molecule has 1 saturated heterocycles. The number of pyridine rings is 1. The summed E-state index contributed by atoms with van der Waals surface area (Å²) in [5, 5.41) is 7.59. The Morgan fingerprint density at radius 2 is 1.97 bits per heavy atom. The van der Waals surface area contributed by atoms with E-state index in [2.05, 4.69) is 15.4 Å². The standard InChI is InChI=1S/C26H29ClN6O3/c1-5-21(18-7-6-8-19(27)15-18)30-26(36)33-23(25(35)31(3)22-10-12-29-32(22)4)20(24(33)34)14-17-9-11-28-16(2)13-17/h6-13,15,20-21,23H,5,14H2,1-4H3,(H,30,36)/t20-,21-,23+/m1/s1. The topological polar surface area (TPSA) is 100 Å². The second kappa shape index (κ2) is 10.5. The summed E-state index contributed by atoms with van der Waals surface area (Å²) in [7, 11) is 3.34. The van der Waals surface area contributed by atoms with Gasteiger partial charge in [0, 0.05) is 37.1 Å². The summed E-state index contributed by atoms with van der Waals surface area (Å²) in [4.78, 5) is 47.0. The van der Waals surface area contributed by atoms with E-state index in [1.807, 2.05) is 38.1 Å². The Balaban J connectivity index is 1.61. The number of imide groups is 1. The Bertz CT molecular complexity index is 1290. The lowest BCUT2D eigenvalue weighted by Gasteiger charge is -2.46. The van der Waals surface area contributed by atoms with Crippen LogP contribution in [0.2, 0.25) is 5.02 Å². The Morgan fingerprint density at radius 1 is 1.19 bits per heavy atom. The van der Waals surface area contributed by atoms with Crippen molar-refractivity contribution in [1.82, 2.24) is 25.0 Å². The molecule has 36 heavy (non-hydrogen) atoms. The quantitative estimate of drug-likeness (QED) is 0.491. The van der Waals surface area contributed by atoms with Crippen LogP contribution in [0.5, 0.6) is 0 Å². The first-order valence-corrected chi connectivity index (χ1v) is 12.1. The van der Waals surface area contributed by atoms with Gasteiger partial charge in [-0.05, 0) is 55.2 Å². The number of β-lactam (4-membered cyclic amide) rings is 1. The van der Waals surface area contributed by atoms with Gasteiger partial charge in [0.25, 0.3) is 5.91 Å². The molecule has 0 spiro atoms. The molecule has 1 N–H and O–H groups in total. The van der Waals surface area contributed by atoms with Crippen LogP contribution >= 0.6 is 11.6 Å². The van der Waals surface area contributed by atoms with E-state index in [1.54, 1.807) is 49.4 Å². The third kappa shape index (κ3) is 4.97. The van der Waals surface area contributed by atoms with Crippen LogP contribution in [0.3, 0.4) is 0 Å². The van der Waals surface area contributed by atoms with Crippen LogP contribution < -0.4 is 10.2 Å². The minimum atomic E-state index is -0.956. The number of nitrogens with one attached hydrogen (secondary N) is 1. The van der Waals surface area contributed by atoms with E-state index >= 15 is 0 Å². The molecule has 3 heterocycles. The van der Waals surface area contributed by atoms with Crippen molar-refractivity contribution in [3.63, 3.8) is 0 Å². The zero-order chi connectivity index (χ0) is 26.0. The van der Waals surface area contributed by atoms with Crippen molar-refractivity contribution >= 4 is 35.3 Å². The number of hydrogen-bond donors (Lipinski definition) is 1. The van der Waals surface area contributed by atoms with Crippen LogP contribution in [-0.2, 0) is 23.1 Å². The van der Waals surface area contributed by atoms with Gasteiger partial charge in [-0.2, -0.15) is 5.10 Å². The van der Waals surface area contributed by atoms with Gasteiger partial charge in [-0.1, -0.05) is 30.7 Å². The van der Waals surface area contributed by atoms with E-state index in [-0.39, 0.29) is 17.9 Å². The van der Waals surface area contributed by atoms with Crippen molar-refractivity contribution in [3.8, 4) is 0 Å². The number of anilines is 1. The number of likely N-dealkylation sites (N-methyl/N-ethyl adjacent to an activating group) is 1. The second-order valence-electron chi connectivity index (χ2n) is 8.94. The minimum absolute atomic E-state index is 0.326. The number of hydrogen-bond acceptors (Lipinski definition) is 5. The van der Waals surface area contributed by atoms with Crippen molar-refractivity contribution in [3.05, 3.63) is 76.7 Å². The average Bonchev–Trinajstić information content (AvgIpc) is 3.28. The van der Waals surface area contributed by atoms with Crippen molar-refractivity contribution in [2.45, 2.75) is 38.8 Å². The molecule has 10 heteroatoms. The molecule has 188 valence electrons. The molecule has 0 aliphatic carbocycles. The molecule has 4 rings (SSSR count). The first-order chi connectivity index (χ1) is 17.2. The third-order valence-electron chi connectivity index (χ3n) is 6.53. The average molecular weight is 509 g/mol. The van der Waals surface area contributed by atoms with Crippen LogP contribution in [0.25, 0.3) is 0 Å². The molecule has 3 atom stereocenters. The van der Waals surface area contributed by atoms with Crippen LogP contribution in [0.15, 0.2) is 54.9 Å². The molecule has 0 saturated carbocycles. The maximum absolute atomic E-state index is 13.7. The molecule has 0 unspecified atom stereocenters. The summed E-state index contributed by atoms with van der Waals surface area (Å²) in [6, 6.07) is 10.7. The summed E-state index contributed by atoms with van der Waals surface area (Å²) in [5.41, 5.74) is 2.52. The van der Waals surface area contributed by atoms with Crippen molar-refractivity contribution < 1.29 is 14.4 Å². The smallest absolute Gasteiger partial charge is 0.325 e. The van der Waals surface area contributed by atoms with E-state index in [9.17, 15) is 14.4 Å². The highest BCUT2D eigenvalue weighted by atomic mass is 35.5. The molecule has 1 fully saturated rings. The molecule has 0 radical (unpaired) electrons. The largest absolute Gasteiger partial charge is 0.331 e. The molecule has 1 aliphatic rings. The Hall–Kier alpha value is -3.72. The maximum Gasteiger partial charge on any atom is 0.325 e. The third-order valence-corrected chi connectivity index (χ3v) is 6.76. The highest BCUT2D eigenvalue weighted by Crippen LogP contribution is 2.33. The van der Waals surface area contributed by atoms with Crippen LogP contribution in [0.1, 0.15) is 36.2 Å². The number of nitrogens with zero attached hydrogens (tertiary/aromatic N) is 5. The van der Waals surface area contributed by atoms with Gasteiger partial charge >= 0.3 is 6.03 Å². The van der Waals surface area contributed by atoms with Gasteiger partial charge < -0.3 is 5.32 Å². The van der Waals surface area contributed by atoms with Gasteiger partial charge in [0.15, 0.2) is 0 Å². The van der Waals surface area contributed by atoms with Crippen molar-refractivity contribution in [1.29, 1.82) is 0 Å². The fourth-order valence-electron chi connectivity index (χ4n) is 4.61. The normalized spacial score (nSPS) is 17.9. The number of benzene rings is 1. The summed E-state index contributed by atoms with van der Waals surface area (Å²) >= 11 is 6.14. The monoisotopic (exact) mass is 508 g/mol. The number of urea groups is 1. The molecule has 0 bridgehead atoms. The fourth-order valence-corrected chi connectivity index (χ4v) is 4.81. The molecule has 1 aromatic carbocycles. The first-order valence-electron chi connectivity index (χ1n) is 11.8. The fraction of sp³-hybridized carbons (Fsp3) is 0.346. The Labute approximate surface area is 215 Å². The number of aromatic nitrogens is 3.